The summed E-state index contributed by atoms with van der Waals surface area (Å²) in [6, 6.07) is 0. The molecule has 0 aromatic rings. The van der Waals surface area contributed by atoms with E-state index in [0.29, 0.717) is 6.54 Å². The molecule has 0 radical (unpaired) electrons. The van der Waals surface area contributed by atoms with Crippen molar-refractivity contribution in [1.29, 1.82) is 0 Å². The van der Waals surface area contributed by atoms with Crippen molar-refractivity contribution in [2.45, 2.75) is 58.8 Å². The smallest absolute Gasteiger partial charge is 0.303 e. The fraction of sp³-hybridized carbons (Fsp3) is 0.923. The first-order valence-corrected chi connectivity index (χ1v) is 8.68. The van der Waals surface area contributed by atoms with Crippen LogP contribution in [0.4, 0.5) is 0 Å². The highest BCUT2D eigenvalue weighted by atomic mass is 32.2. The molecule has 0 atom stereocenters. The molecule has 0 spiro atoms. The molecular weight excluding hydrogens is 266 g/mol. The summed E-state index contributed by atoms with van der Waals surface area (Å²) in [5.41, 5.74) is 0. The van der Waals surface area contributed by atoms with E-state index in [1.165, 1.54) is 12.8 Å². The van der Waals surface area contributed by atoms with Gasteiger partial charge in [-0.15, -0.1) is 0 Å². The number of unbranched alkanes of at least 4 members (excludes halogenated alkanes) is 3. The molecule has 2 N–H and O–H groups in total. The molecule has 0 bridgehead atoms. The van der Waals surface area contributed by atoms with Crippen LogP contribution in [0.2, 0.25) is 0 Å². The molecule has 0 fully saturated rings. The van der Waals surface area contributed by atoms with E-state index in [0.717, 1.165) is 25.2 Å². The number of rotatable bonds is 12. The van der Waals surface area contributed by atoms with Gasteiger partial charge in [-0.1, -0.05) is 39.5 Å². The van der Waals surface area contributed by atoms with Gasteiger partial charge in [-0.05, 0) is 18.8 Å². The molecule has 0 saturated carbocycles. The number of hydrogen-bond acceptors (Lipinski definition) is 3. The highest BCUT2D eigenvalue weighted by Crippen LogP contribution is 2.09. The summed E-state index contributed by atoms with van der Waals surface area (Å²) in [7, 11) is -3.30. The van der Waals surface area contributed by atoms with Crippen molar-refractivity contribution in [2.75, 3.05) is 12.3 Å². The topological polar surface area (TPSA) is 83.5 Å². The fourth-order valence-corrected chi connectivity index (χ4v) is 2.87. The second kappa shape index (κ2) is 10.2. The molecule has 0 aromatic heterocycles. The molecule has 5 nitrogen and oxygen atoms in total. The van der Waals surface area contributed by atoms with Gasteiger partial charge in [0, 0.05) is 13.0 Å². The molecule has 114 valence electrons. The molecule has 0 unspecified atom stereocenters. The number of aliphatic carboxylic acids is 1. The largest absolute Gasteiger partial charge is 0.481 e. The Balaban J connectivity index is 3.51. The first kappa shape index (κ1) is 18.4. The average Bonchev–Trinajstić information content (AvgIpc) is 2.26. The van der Waals surface area contributed by atoms with Crippen LogP contribution in [0.5, 0.6) is 0 Å². The summed E-state index contributed by atoms with van der Waals surface area (Å²) in [4.78, 5) is 10.3. The van der Waals surface area contributed by atoms with Gasteiger partial charge in [0.2, 0.25) is 10.0 Å². The van der Waals surface area contributed by atoms with Crippen LogP contribution in [0.1, 0.15) is 58.8 Å². The molecule has 0 aliphatic carbocycles. The normalized spacial score (nSPS) is 11.9. The van der Waals surface area contributed by atoms with Gasteiger partial charge in [0.1, 0.15) is 0 Å². The summed E-state index contributed by atoms with van der Waals surface area (Å²) in [6.07, 6.45) is 5.50. The number of carbonyl (C=O) groups is 1. The van der Waals surface area contributed by atoms with E-state index in [2.05, 4.69) is 18.6 Å². The summed E-state index contributed by atoms with van der Waals surface area (Å²) >= 11 is 0. The third-order valence-corrected chi connectivity index (χ3v) is 4.30. The van der Waals surface area contributed by atoms with Crippen LogP contribution >= 0.6 is 0 Å². The quantitative estimate of drug-likeness (QED) is 0.541. The summed E-state index contributed by atoms with van der Waals surface area (Å²) < 4.78 is 25.5. The van der Waals surface area contributed by atoms with Gasteiger partial charge < -0.3 is 5.11 Å². The lowest BCUT2D eigenvalue weighted by molar-refractivity contribution is -0.137. The minimum absolute atomic E-state index is 0.101. The van der Waals surface area contributed by atoms with Crippen molar-refractivity contribution in [3.63, 3.8) is 0 Å². The van der Waals surface area contributed by atoms with Gasteiger partial charge in [-0.3, -0.25) is 4.79 Å². The van der Waals surface area contributed by atoms with Crippen LogP contribution < -0.4 is 4.72 Å². The van der Waals surface area contributed by atoms with Gasteiger partial charge in [0.15, 0.2) is 0 Å². The molecule has 0 aromatic carbocycles. The zero-order valence-corrected chi connectivity index (χ0v) is 12.8. The Bertz CT molecular complexity index is 339. The van der Waals surface area contributed by atoms with Crippen molar-refractivity contribution >= 4 is 16.0 Å². The minimum atomic E-state index is -3.30. The second-order valence-electron chi connectivity index (χ2n) is 5.31. The lowest BCUT2D eigenvalue weighted by Crippen LogP contribution is -2.27. The first-order valence-electron chi connectivity index (χ1n) is 7.02. The predicted octanol–water partition coefficient (Wildman–Crippen LogP) is 2.38. The molecule has 0 aliphatic heterocycles. The number of carboxylic acid groups (broad SMARTS) is 1. The van der Waals surface area contributed by atoms with Gasteiger partial charge in [-0.25, -0.2) is 13.1 Å². The molecule has 0 saturated heterocycles. The number of sulfonamides is 1. The van der Waals surface area contributed by atoms with E-state index < -0.39 is 16.0 Å². The van der Waals surface area contributed by atoms with E-state index in [1.54, 1.807) is 0 Å². The Kier molecular flexibility index (Phi) is 9.87. The predicted molar refractivity (Wildman–Crippen MR) is 76.6 cm³/mol. The molecule has 19 heavy (non-hydrogen) atoms. The number of hydrogen-bond donors (Lipinski definition) is 2. The highest BCUT2D eigenvalue weighted by Gasteiger charge is 2.10. The zero-order chi connectivity index (χ0) is 14.7. The van der Waals surface area contributed by atoms with E-state index in [4.69, 9.17) is 5.11 Å². The molecule has 0 amide bonds. The standard InChI is InChI=1S/C13H27NO4S/c1-12(2)8-5-3-4-6-10-14-19(17,18)11-7-9-13(15)16/h12,14H,3-11H2,1-2H3,(H,15,16). The lowest BCUT2D eigenvalue weighted by Gasteiger charge is -2.06. The number of carboxylic acids is 1. The van der Waals surface area contributed by atoms with Crippen molar-refractivity contribution in [3.05, 3.63) is 0 Å². The van der Waals surface area contributed by atoms with Crippen molar-refractivity contribution in [1.82, 2.24) is 4.72 Å². The zero-order valence-electron chi connectivity index (χ0n) is 12.0. The SMILES string of the molecule is CC(C)CCCCCCNS(=O)(=O)CCCC(=O)O. The van der Waals surface area contributed by atoms with E-state index in [9.17, 15) is 13.2 Å². The Morgan fingerprint density at radius 3 is 2.32 bits per heavy atom. The van der Waals surface area contributed by atoms with Crippen LogP contribution in [0.15, 0.2) is 0 Å². The molecule has 0 heterocycles. The fourth-order valence-electron chi connectivity index (χ4n) is 1.74. The highest BCUT2D eigenvalue weighted by molar-refractivity contribution is 7.89. The summed E-state index contributed by atoms with van der Waals surface area (Å²) in [5.74, 6) is -0.333. The van der Waals surface area contributed by atoms with Gasteiger partial charge in [-0.2, -0.15) is 0 Å². The third-order valence-electron chi connectivity index (χ3n) is 2.83. The third kappa shape index (κ3) is 13.6. The van der Waals surface area contributed by atoms with Crippen LogP contribution in [-0.2, 0) is 14.8 Å². The Labute approximate surface area is 116 Å². The van der Waals surface area contributed by atoms with Crippen LogP contribution in [0, 0.1) is 5.92 Å². The second-order valence-corrected chi connectivity index (χ2v) is 7.23. The lowest BCUT2D eigenvalue weighted by atomic mass is 10.0. The maximum Gasteiger partial charge on any atom is 0.303 e. The Morgan fingerprint density at radius 2 is 1.74 bits per heavy atom. The van der Waals surface area contributed by atoms with E-state index in [1.807, 2.05) is 0 Å². The summed E-state index contributed by atoms with van der Waals surface area (Å²) in [5, 5.41) is 8.43. The first-order chi connectivity index (χ1) is 8.83. The summed E-state index contributed by atoms with van der Waals surface area (Å²) in [6.45, 7) is 4.85. The Morgan fingerprint density at radius 1 is 1.11 bits per heavy atom. The van der Waals surface area contributed by atoms with Crippen molar-refractivity contribution in [3.8, 4) is 0 Å². The van der Waals surface area contributed by atoms with Crippen LogP contribution in [0.25, 0.3) is 0 Å². The molecule has 0 aliphatic rings. The van der Waals surface area contributed by atoms with E-state index in [-0.39, 0.29) is 18.6 Å². The van der Waals surface area contributed by atoms with Crippen molar-refractivity contribution in [2.24, 2.45) is 5.92 Å². The molecular formula is C13H27NO4S. The monoisotopic (exact) mass is 293 g/mol. The van der Waals surface area contributed by atoms with Gasteiger partial charge >= 0.3 is 5.97 Å². The minimum Gasteiger partial charge on any atom is -0.481 e. The average molecular weight is 293 g/mol. The maximum atomic E-state index is 11.5. The Hall–Kier alpha value is -0.620. The van der Waals surface area contributed by atoms with Crippen LogP contribution in [-0.4, -0.2) is 31.8 Å². The van der Waals surface area contributed by atoms with Gasteiger partial charge in [0.25, 0.3) is 0 Å². The van der Waals surface area contributed by atoms with Gasteiger partial charge in [0.05, 0.1) is 5.75 Å². The molecule has 6 heteroatoms. The molecule has 0 rings (SSSR count). The maximum absolute atomic E-state index is 11.5. The van der Waals surface area contributed by atoms with Crippen LogP contribution in [0.3, 0.4) is 0 Å². The van der Waals surface area contributed by atoms with E-state index >= 15 is 0 Å². The van der Waals surface area contributed by atoms with Crippen molar-refractivity contribution < 1.29 is 18.3 Å². The number of nitrogens with one attached hydrogen (secondary N) is 1.